The van der Waals surface area contributed by atoms with Gasteiger partial charge in [0.25, 0.3) is 0 Å². The van der Waals surface area contributed by atoms with Crippen molar-refractivity contribution in [1.29, 1.82) is 0 Å². The number of aryl methyl sites for hydroxylation is 1. The van der Waals surface area contributed by atoms with Gasteiger partial charge in [-0.1, -0.05) is 58.5 Å². The quantitative estimate of drug-likeness (QED) is 0.258. The third kappa shape index (κ3) is 3.16. The summed E-state index contributed by atoms with van der Waals surface area (Å²) in [5.74, 6) is -0.0855. The molecule has 1 aliphatic rings. The van der Waals surface area contributed by atoms with E-state index in [2.05, 4.69) is 22.6 Å². The van der Waals surface area contributed by atoms with E-state index < -0.39 is 5.41 Å². The highest BCUT2D eigenvalue weighted by atomic mass is 127. The van der Waals surface area contributed by atoms with Crippen molar-refractivity contribution in [3.8, 4) is 0 Å². The SMILES string of the molecule is O=C(c1ccc(Cl)cc1)C1(CCCI)CCc2ccccc2C1=O. The molecule has 1 atom stereocenters. The number of alkyl halides is 1. The predicted molar refractivity (Wildman–Crippen MR) is 105 cm³/mol. The Morgan fingerprint density at radius 3 is 2.54 bits per heavy atom. The molecule has 0 aliphatic heterocycles. The summed E-state index contributed by atoms with van der Waals surface area (Å²) in [5.41, 5.74) is 1.39. The molecule has 24 heavy (non-hydrogen) atoms. The zero-order chi connectivity index (χ0) is 17.2. The average molecular weight is 453 g/mol. The van der Waals surface area contributed by atoms with Gasteiger partial charge in [0.1, 0.15) is 0 Å². The van der Waals surface area contributed by atoms with Gasteiger partial charge in [0.15, 0.2) is 11.6 Å². The maximum absolute atomic E-state index is 13.3. The highest BCUT2D eigenvalue weighted by Crippen LogP contribution is 2.42. The van der Waals surface area contributed by atoms with Gasteiger partial charge in [0.2, 0.25) is 0 Å². The van der Waals surface area contributed by atoms with Crippen molar-refractivity contribution in [2.45, 2.75) is 25.7 Å². The van der Waals surface area contributed by atoms with E-state index in [-0.39, 0.29) is 11.6 Å². The summed E-state index contributed by atoms with van der Waals surface area (Å²) in [7, 11) is 0. The second-order valence-corrected chi connectivity index (χ2v) is 7.71. The molecule has 0 saturated carbocycles. The van der Waals surface area contributed by atoms with Gasteiger partial charge in [-0.15, -0.1) is 0 Å². The molecule has 0 aromatic heterocycles. The van der Waals surface area contributed by atoms with Crippen LogP contribution in [0, 0.1) is 5.41 Å². The third-order valence-electron chi connectivity index (χ3n) is 4.80. The Kier molecular flexibility index (Phi) is 5.40. The van der Waals surface area contributed by atoms with Crippen LogP contribution in [0.1, 0.15) is 45.5 Å². The number of rotatable bonds is 5. The van der Waals surface area contributed by atoms with Gasteiger partial charge in [-0.2, -0.15) is 0 Å². The molecule has 0 saturated heterocycles. The molecular formula is C20H18ClIO2. The van der Waals surface area contributed by atoms with Crippen LogP contribution in [-0.4, -0.2) is 16.0 Å². The molecule has 0 radical (unpaired) electrons. The fourth-order valence-corrected chi connectivity index (χ4v) is 4.00. The monoisotopic (exact) mass is 452 g/mol. The number of fused-ring (bicyclic) bond motifs is 1. The van der Waals surface area contributed by atoms with Gasteiger partial charge in [-0.3, -0.25) is 9.59 Å². The zero-order valence-corrected chi connectivity index (χ0v) is 16.1. The summed E-state index contributed by atoms with van der Waals surface area (Å²) in [5, 5.41) is 0.591. The lowest BCUT2D eigenvalue weighted by Crippen LogP contribution is -2.43. The van der Waals surface area contributed by atoms with E-state index in [9.17, 15) is 9.59 Å². The van der Waals surface area contributed by atoms with Gasteiger partial charge in [0.05, 0.1) is 5.41 Å². The third-order valence-corrected chi connectivity index (χ3v) is 5.81. The van der Waals surface area contributed by atoms with E-state index in [1.165, 1.54) is 0 Å². The van der Waals surface area contributed by atoms with Gasteiger partial charge in [-0.25, -0.2) is 0 Å². The molecule has 0 amide bonds. The van der Waals surface area contributed by atoms with Crippen LogP contribution in [0.5, 0.6) is 0 Å². The molecule has 0 N–H and O–H groups in total. The number of benzene rings is 2. The van der Waals surface area contributed by atoms with Crippen LogP contribution in [0.15, 0.2) is 48.5 Å². The Hall–Kier alpha value is -1.20. The van der Waals surface area contributed by atoms with Gasteiger partial charge < -0.3 is 0 Å². The van der Waals surface area contributed by atoms with Crippen molar-refractivity contribution in [1.82, 2.24) is 0 Å². The first-order valence-corrected chi connectivity index (χ1v) is 9.98. The minimum absolute atomic E-state index is 0.0193. The first-order valence-electron chi connectivity index (χ1n) is 8.07. The molecule has 0 heterocycles. The van der Waals surface area contributed by atoms with Crippen LogP contribution in [0.4, 0.5) is 0 Å². The zero-order valence-electron chi connectivity index (χ0n) is 13.2. The summed E-state index contributed by atoms with van der Waals surface area (Å²) in [4.78, 5) is 26.6. The Bertz CT molecular complexity index is 769. The molecule has 0 spiro atoms. The number of carbonyl (C=O) groups excluding carboxylic acids is 2. The highest BCUT2D eigenvalue weighted by molar-refractivity contribution is 14.1. The van der Waals surface area contributed by atoms with Crippen LogP contribution in [-0.2, 0) is 6.42 Å². The lowest BCUT2D eigenvalue weighted by atomic mass is 9.64. The van der Waals surface area contributed by atoms with E-state index in [0.29, 0.717) is 29.0 Å². The van der Waals surface area contributed by atoms with Crippen molar-refractivity contribution < 1.29 is 9.59 Å². The summed E-state index contributed by atoms with van der Waals surface area (Å²) < 4.78 is 0.933. The van der Waals surface area contributed by atoms with Gasteiger partial charge in [0, 0.05) is 16.1 Å². The smallest absolute Gasteiger partial charge is 0.177 e. The number of ketones is 2. The summed E-state index contributed by atoms with van der Waals surface area (Å²) in [6, 6.07) is 14.5. The molecule has 3 rings (SSSR count). The molecule has 2 nitrogen and oxygen atoms in total. The van der Waals surface area contributed by atoms with E-state index in [4.69, 9.17) is 11.6 Å². The van der Waals surface area contributed by atoms with Crippen LogP contribution in [0.3, 0.4) is 0 Å². The van der Waals surface area contributed by atoms with Crippen LogP contribution in [0.2, 0.25) is 5.02 Å². The van der Waals surface area contributed by atoms with E-state index >= 15 is 0 Å². The Labute approximate surface area is 160 Å². The average Bonchev–Trinajstić information content (AvgIpc) is 2.62. The lowest BCUT2D eigenvalue weighted by molar-refractivity contribution is 0.0615. The highest BCUT2D eigenvalue weighted by Gasteiger charge is 2.47. The fraction of sp³-hybridized carbons (Fsp3) is 0.300. The topological polar surface area (TPSA) is 34.1 Å². The predicted octanol–water partition coefficient (Wildman–Crippen LogP) is 5.55. The molecular weight excluding hydrogens is 435 g/mol. The minimum atomic E-state index is -0.937. The van der Waals surface area contributed by atoms with Gasteiger partial charge in [-0.05, 0) is 59.9 Å². The molecule has 2 aromatic carbocycles. The summed E-state index contributed by atoms with van der Waals surface area (Å²) >= 11 is 8.24. The Balaban J connectivity index is 2.04. The summed E-state index contributed by atoms with van der Waals surface area (Å²) in [6.07, 6.45) is 2.81. The first-order chi connectivity index (χ1) is 11.6. The number of halogens is 2. The molecule has 0 bridgehead atoms. The maximum atomic E-state index is 13.3. The number of carbonyl (C=O) groups is 2. The van der Waals surface area contributed by atoms with Gasteiger partial charge >= 0.3 is 0 Å². The Morgan fingerprint density at radius 2 is 1.83 bits per heavy atom. The van der Waals surface area contributed by atoms with Crippen molar-refractivity contribution in [2.24, 2.45) is 5.41 Å². The molecule has 0 fully saturated rings. The van der Waals surface area contributed by atoms with E-state index in [1.807, 2.05) is 24.3 Å². The minimum Gasteiger partial charge on any atom is -0.293 e. The molecule has 2 aromatic rings. The number of hydrogen-bond acceptors (Lipinski definition) is 2. The van der Waals surface area contributed by atoms with E-state index in [0.717, 1.165) is 22.8 Å². The molecule has 4 heteroatoms. The first kappa shape index (κ1) is 17.6. The van der Waals surface area contributed by atoms with Crippen molar-refractivity contribution in [3.63, 3.8) is 0 Å². The Morgan fingerprint density at radius 1 is 1.12 bits per heavy atom. The largest absolute Gasteiger partial charge is 0.293 e. The fourth-order valence-electron chi connectivity index (χ4n) is 3.49. The van der Waals surface area contributed by atoms with Crippen molar-refractivity contribution in [3.05, 3.63) is 70.2 Å². The van der Waals surface area contributed by atoms with Crippen LogP contribution >= 0.6 is 34.2 Å². The molecule has 124 valence electrons. The van der Waals surface area contributed by atoms with Crippen LogP contribution < -0.4 is 0 Å². The molecule has 1 aliphatic carbocycles. The van der Waals surface area contributed by atoms with Crippen LogP contribution in [0.25, 0.3) is 0 Å². The van der Waals surface area contributed by atoms with Crippen molar-refractivity contribution in [2.75, 3.05) is 4.43 Å². The second-order valence-electron chi connectivity index (χ2n) is 6.20. The number of hydrogen-bond donors (Lipinski definition) is 0. The molecule has 1 unspecified atom stereocenters. The lowest BCUT2D eigenvalue weighted by Gasteiger charge is -2.35. The van der Waals surface area contributed by atoms with Crippen molar-refractivity contribution >= 4 is 45.8 Å². The standard InChI is InChI=1S/C20H18ClIO2/c21-16-8-6-15(7-9-16)18(23)20(11-3-13-22)12-10-14-4-1-2-5-17(14)19(20)24/h1-2,4-9H,3,10-13H2. The normalized spacial score (nSPS) is 19.8. The maximum Gasteiger partial charge on any atom is 0.177 e. The summed E-state index contributed by atoms with van der Waals surface area (Å²) in [6.45, 7) is 0. The second kappa shape index (κ2) is 7.36. The van der Waals surface area contributed by atoms with E-state index in [1.54, 1.807) is 24.3 Å². The number of Topliss-reactive ketones (excluding diaryl/α,β-unsaturated/α-hetero) is 2.